The number of carbonyl (C=O) groups is 2. The topological polar surface area (TPSA) is 199 Å². The molecule has 8 aliphatic rings. The minimum Gasteiger partial charge on any atom is -0.462 e. The van der Waals surface area contributed by atoms with Gasteiger partial charge in [-0.2, -0.15) is 0 Å². The highest BCUT2D eigenvalue weighted by molar-refractivity contribution is 6.07. The van der Waals surface area contributed by atoms with Crippen LogP contribution in [-0.2, 0) is 57.0 Å². The third-order valence-electron chi connectivity index (χ3n) is 14.9. The summed E-state index contributed by atoms with van der Waals surface area (Å²) in [6.07, 6.45) is 8.32. The molecular weight excluding hydrogens is 831 g/mol. The molecule has 6 fully saturated rings. The Morgan fingerprint density at radius 3 is 2.41 bits per heavy atom. The van der Waals surface area contributed by atoms with Crippen molar-refractivity contribution in [1.29, 1.82) is 0 Å². The number of rotatable bonds is 7. The van der Waals surface area contributed by atoms with Gasteiger partial charge in [-0.3, -0.25) is 9.59 Å². The number of carbonyl (C=O) groups excluding carboxylic acids is 2. The molecule has 16 heteroatoms. The predicted octanol–water partition coefficient (Wildman–Crippen LogP) is 5.15. The normalized spacial score (nSPS) is 47.6. The summed E-state index contributed by atoms with van der Waals surface area (Å²) in [6, 6.07) is 0. The molecule has 2 bridgehead atoms. The van der Waals surface area contributed by atoms with E-state index in [1.54, 1.807) is 33.1 Å². The summed E-state index contributed by atoms with van der Waals surface area (Å²) < 4.78 is 63.5. The van der Waals surface area contributed by atoms with Crippen molar-refractivity contribution in [3.8, 4) is 0 Å². The zero-order chi connectivity index (χ0) is 45.5. The first kappa shape index (κ1) is 47.6. The van der Waals surface area contributed by atoms with E-state index in [4.69, 9.17) is 47.4 Å². The lowest BCUT2D eigenvalue weighted by Crippen LogP contribution is -2.58. The first-order valence-electron chi connectivity index (χ1n) is 23.4. The zero-order valence-electron chi connectivity index (χ0n) is 38.3. The number of fused-ring (bicyclic) bond motifs is 2. The number of hydrogen-bond donors (Lipinski definition) is 3. The Morgan fingerprint density at radius 2 is 1.67 bits per heavy atom. The van der Waals surface area contributed by atoms with Gasteiger partial charge < -0.3 is 62.8 Å². The van der Waals surface area contributed by atoms with Crippen molar-refractivity contribution in [2.45, 2.75) is 196 Å². The van der Waals surface area contributed by atoms with Gasteiger partial charge in [0.2, 0.25) is 0 Å². The van der Waals surface area contributed by atoms with Crippen LogP contribution >= 0.6 is 0 Å². The minimum absolute atomic E-state index is 0.0118. The second kappa shape index (κ2) is 19.8. The Balaban J connectivity index is 1.09. The highest BCUT2D eigenvalue weighted by Crippen LogP contribution is 2.48. The van der Waals surface area contributed by atoms with Crippen molar-refractivity contribution in [3.05, 3.63) is 47.1 Å². The third kappa shape index (κ3) is 9.62. The molecule has 1 spiro atoms. The van der Waals surface area contributed by atoms with E-state index in [2.05, 4.69) is 11.2 Å². The van der Waals surface area contributed by atoms with Crippen LogP contribution < -0.4 is 0 Å². The van der Waals surface area contributed by atoms with Crippen LogP contribution in [0.25, 0.3) is 0 Å². The molecule has 6 aliphatic heterocycles. The fourth-order valence-corrected chi connectivity index (χ4v) is 11.6. The maximum atomic E-state index is 14.4. The van der Waals surface area contributed by atoms with Crippen molar-refractivity contribution in [2.24, 2.45) is 22.9 Å². The Bertz CT molecular complexity index is 1860. The van der Waals surface area contributed by atoms with E-state index < -0.39 is 96.9 Å². The molecular formula is C48H69NO15. The van der Waals surface area contributed by atoms with E-state index in [0.717, 1.165) is 31.3 Å². The molecule has 17 unspecified atom stereocenters. The molecule has 8 rings (SSSR count). The molecule has 64 heavy (non-hydrogen) atoms. The van der Waals surface area contributed by atoms with E-state index in [1.165, 1.54) is 7.11 Å². The standard InChI is InChI=1S/C48H69NO15/c1-25-11-10-14-31-24-57-45-41(49-54)27(3)17-35(48(31,45)53)46(52)60-34-19-33(63-47(23-34)22-32(50)18-36(64-47)30-12-8-9-13-30)16-15-26(2)43(25)61-40-21-38(56-7)44(29(5)59-40)62-39-20-37(55-6)42(51)28(4)58-39/h10-11,14-15,17,25,28-30,32-40,43-45,50,53-54H,8-9,12-13,16,18-24H2,1-7H3/b11-10+,26-15+,31-14+,49-41+. The number of nitrogens with zero attached hydrogens (tertiary/aromatic N) is 1. The Kier molecular flexibility index (Phi) is 14.7. The molecule has 6 heterocycles. The van der Waals surface area contributed by atoms with Gasteiger partial charge in [0.1, 0.15) is 47.8 Å². The highest BCUT2D eigenvalue weighted by Gasteiger charge is 2.60. The number of allylic oxidation sites excluding steroid dienone is 2. The lowest BCUT2D eigenvalue weighted by atomic mass is 9.71. The first-order valence-corrected chi connectivity index (χ1v) is 23.4. The number of aliphatic hydroxyl groups excluding tert-OH is 1. The Labute approximate surface area is 376 Å². The summed E-state index contributed by atoms with van der Waals surface area (Å²) in [5.41, 5.74) is 0.0928. The zero-order valence-corrected chi connectivity index (χ0v) is 38.3. The van der Waals surface area contributed by atoms with Crippen molar-refractivity contribution >= 4 is 17.5 Å². The molecule has 2 aliphatic carbocycles. The molecule has 356 valence electrons. The van der Waals surface area contributed by atoms with Gasteiger partial charge in [0.15, 0.2) is 24.2 Å². The summed E-state index contributed by atoms with van der Waals surface area (Å²) in [5, 5.41) is 37.5. The summed E-state index contributed by atoms with van der Waals surface area (Å²) in [4.78, 5) is 27.0. The summed E-state index contributed by atoms with van der Waals surface area (Å²) >= 11 is 0. The van der Waals surface area contributed by atoms with Crippen LogP contribution in [0.3, 0.4) is 0 Å². The third-order valence-corrected chi connectivity index (χ3v) is 14.9. The molecule has 1 saturated carbocycles. The number of hydrogen-bond acceptors (Lipinski definition) is 16. The molecule has 0 aromatic carbocycles. The van der Waals surface area contributed by atoms with Crippen LogP contribution in [-0.4, -0.2) is 145 Å². The predicted molar refractivity (Wildman–Crippen MR) is 229 cm³/mol. The maximum Gasteiger partial charge on any atom is 0.316 e. The average molecular weight is 900 g/mol. The molecule has 0 radical (unpaired) electrons. The smallest absolute Gasteiger partial charge is 0.316 e. The van der Waals surface area contributed by atoms with Crippen LogP contribution in [0.2, 0.25) is 0 Å². The molecule has 16 nitrogen and oxygen atoms in total. The molecule has 0 amide bonds. The summed E-state index contributed by atoms with van der Waals surface area (Å²) in [7, 11) is 3.13. The summed E-state index contributed by atoms with van der Waals surface area (Å²) in [6.45, 7) is 9.35. The number of esters is 1. The largest absolute Gasteiger partial charge is 0.462 e. The van der Waals surface area contributed by atoms with Gasteiger partial charge in [-0.15, -0.1) is 0 Å². The van der Waals surface area contributed by atoms with E-state index >= 15 is 0 Å². The van der Waals surface area contributed by atoms with Gasteiger partial charge in [-0.05, 0) is 69.6 Å². The molecule has 5 saturated heterocycles. The molecule has 0 aromatic rings. The number of Topliss-reactive ketones (excluding diaryl/α,β-unsaturated/α-hetero) is 1. The van der Waals surface area contributed by atoms with Crippen LogP contribution in [0.1, 0.15) is 105 Å². The second-order valence-electron chi connectivity index (χ2n) is 19.4. The van der Waals surface area contributed by atoms with Gasteiger partial charge in [0.25, 0.3) is 0 Å². The van der Waals surface area contributed by atoms with Crippen molar-refractivity contribution in [1.82, 2.24) is 0 Å². The monoisotopic (exact) mass is 899 g/mol. The quantitative estimate of drug-likeness (QED) is 0.131. The second-order valence-corrected chi connectivity index (χ2v) is 19.4. The van der Waals surface area contributed by atoms with Gasteiger partial charge in [-0.1, -0.05) is 55.3 Å². The number of ketones is 1. The fraction of sp³-hybridized carbons (Fsp3) is 0.771. The highest BCUT2D eigenvalue weighted by atomic mass is 16.7. The number of oxime groups is 1. The number of ether oxygens (including phenoxy) is 10. The summed E-state index contributed by atoms with van der Waals surface area (Å²) in [5.74, 6) is -3.03. The van der Waals surface area contributed by atoms with Crippen LogP contribution in [0.5, 0.6) is 0 Å². The van der Waals surface area contributed by atoms with E-state index in [0.29, 0.717) is 42.7 Å². The number of aliphatic hydroxyl groups is 2. The van der Waals surface area contributed by atoms with Crippen molar-refractivity contribution < 1.29 is 72.4 Å². The van der Waals surface area contributed by atoms with Crippen LogP contribution in [0.15, 0.2) is 52.3 Å². The molecule has 0 aromatic heterocycles. The average Bonchev–Trinajstić information content (AvgIpc) is 3.92. The SMILES string of the molecule is COC1CC(OC2C(C)OC(OC3/C(C)=C/CC4CC(CC5(CC(O)CC(C6CCCC6)O5)O4)OC(=O)C4C=C(C)/C(=N\O)C5OC/C(=C\C=C\C3C)C45O)CC2OC)OC(C)C1=O. The van der Waals surface area contributed by atoms with Gasteiger partial charge in [0.05, 0.1) is 43.2 Å². The maximum absolute atomic E-state index is 14.4. The van der Waals surface area contributed by atoms with Gasteiger partial charge in [-0.25, -0.2) is 0 Å². The number of methoxy groups -OCH3 is 2. The van der Waals surface area contributed by atoms with Crippen LogP contribution in [0.4, 0.5) is 0 Å². The van der Waals surface area contributed by atoms with E-state index in [9.17, 15) is 25.0 Å². The minimum atomic E-state index is -1.90. The Hall–Kier alpha value is -2.87. The van der Waals surface area contributed by atoms with Gasteiger partial charge in [0, 0.05) is 58.7 Å². The molecule has 3 N–H and O–H groups in total. The van der Waals surface area contributed by atoms with Gasteiger partial charge >= 0.3 is 5.97 Å². The van der Waals surface area contributed by atoms with Crippen molar-refractivity contribution in [2.75, 3.05) is 20.8 Å². The fourth-order valence-electron chi connectivity index (χ4n) is 11.6. The molecule has 17 atom stereocenters. The van der Waals surface area contributed by atoms with E-state index in [1.807, 2.05) is 32.9 Å². The van der Waals surface area contributed by atoms with Crippen LogP contribution in [0, 0.1) is 17.8 Å². The lowest BCUT2D eigenvalue weighted by molar-refractivity contribution is -0.344. The Morgan fingerprint density at radius 1 is 0.906 bits per heavy atom. The van der Waals surface area contributed by atoms with E-state index in [-0.39, 0.29) is 49.4 Å². The van der Waals surface area contributed by atoms with Crippen molar-refractivity contribution in [3.63, 3.8) is 0 Å². The lowest BCUT2D eigenvalue weighted by Gasteiger charge is -2.50. The first-order chi connectivity index (χ1) is 30.6.